The first-order valence-corrected chi connectivity index (χ1v) is 6.23. The number of hydrogen-bond donors (Lipinski definition) is 2. The largest absolute Gasteiger partial charge is 0.478 e. The maximum atomic E-state index is 13.7. The summed E-state index contributed by atoms with van der Waals surface area (Å²) in [5.41, 5.74) is -0.203. The number of carbonyl (C=O) groups excluding carboxylic acids is 1. The molecule has 1 heterocycles. The minimum atomic E-state index is -1.24. The summed E-state index contributed by atoms with van der Waals surface area (Å²) < 4.78 is 14.1. The van der Waals surface area contributed by atoms with Crippen LogP contribution in [0.2, 0.25) is 0 Å². The lowest BCUT2D eigenvalue weighted by molar-refractivity contribution is 0.0696. The van der Waals surface area contributed by atoms with Gasteiger partial charge in [-0.1, -0.05) is 0 Å². The molecule has 1 aromatic heterocycles. The summed E-state index contributed by atoms with van der Waals surface area (Å²) >= 11 is 3.16. The topological polar surface area (TPSA) is 79.3 Å². The van der Waals surface area contributed by atoms with E-state index in [1.807, 2.05) is 0 Å². The quantitative estimate of drug-likeness (QED) is 0.901. The van der Waals surface area contributed by atoms with Crippen molar-refractivity contribution in [2.45, 2.75) is 0 Å². The molecular formula is C13H8BrFN2O3. The van der Waals surface area contributed by atoms with E-state index in [9.17, 15) is 14.0 Å². The van der Waals surface area contributed by atoms with Crippen molar-refractivity contribution in [2.75, 3.05) is 5.32 Å². The van der Waals surface area contributed by atoms with Gasteiger partial charge in [0.15, 0.2) is 0 Å². The molecule has 0 aliphatic carbocycles. The zero-order chi connectivity index (χ0) is 14.7. The van der Waals surface area contributed by atoms with Gasteiger partial charge in [-0.05, 0) is 46.3 Å². The summed E-state index contributed by atoms with van der Waals surface area (Å²) in [4.78, 5) is 26.5. The first kappa shape index (κ1) is 14.1. The van der Waals surface area contributed by atoms with Crippen LogP contribution in [-0.2, 0) is 0 Å². The molecule has 20 heavy (non-hydrogen) atoms. The van der Waals surface area contributed by atoms with Gasteiger partial charge in [0.1, 0.15) is 11.5 Å². The molecule has 0 spiro atoms. The average Bonchev–Trinajstić information content (AvgIpc) is 2.41. The van der Waals surface area contributed by atoms with Crippen LogP contribution in [0.5, 0.6) is 0 Å². The molecular weight excluding hydrogens is 331 g/mol. The van der Waals surface area contributed by atoms with Crippen molar-refractivity contribution in [3.05, 3.63) is 58.1 Å². The van der Waals surface area contributed by atoms with Gasteiger partial charge in [0.2, 0.25) is 0 Å². The maximum Gasteiger partial charge on any atom is 0.335 e. The smallest absolute Gasteiger partial charge is 0.335 e. The number of pyridine rings is 1. The lowest BCUT2D eigenvalue weighted by atomic mass is 10.2. The van der Waals surface area contributed by atoms with Gasteiger partial charge in [-0.15, -0.1) is 0 Å². The molecule has 102 valence electrons. The Morgan fingerprint density at radius 1 is 1.30 bits per heavy atom. The van der Waals surface area contributed by atoms with E-state index in [-0.39, 0.29) is 16.9 Å². The van der Waals surface area contributed by atoms with Crippen LogP contribution in [0.1, 0.15) is 20.8 Å². The highest BCUT2D eigenvalue weighted by molar-refractivity contribution is 9.10. The van der Waals surface area contributed by atoms with E-state index in [0.717, 1.165) is 6.07 Å². The standard InChI is InChI=1S/C13H8BrFN2O3/c14-8-2-1-5-16-11(8)12(18)17-10-4-3-7(13(19)20)6-9(10)15/h1-6H,(H,17,18)(H,19,20). The summed E-state index contributed by atoms with van der Waals surface area (Å²) in [5.74, 6) is -2.67. The van der Waals surface area contributed by atoms with Crippen molar-refractivity contribution in [1.82, 2.24) is 4.98 Å². The molecule has 0 aliphatic rings. The number of benzene rings is 1. The van der Waals surface area contributed by atoms with Gasteiger partial charge in [0.05, 0.1) is 11.3 Å². The molecule has 2 aromatic rings. The molecule has 0 atom stereocenters. The number of carboxylic acid groups (broad SMARTS) is 1. The molecule has 0 bridgehead atoms. The number of nitrogens with one attached hydrogen (secondary N) is 1. The Labute approximate surface area is 121 Å². The molecule has 5 nitrogen and oxygen atoms in total. The number of aromatic carboxylic acids is 1. The maximum absolute atomic E-state index is 13.7. The van der Waals surface area contributed by atoms with E-state index in [4.69, 9.17) is 5.11 Å². The molecule has 0 radical (unpaired) electrons. The highest BCUT2D eigenvalue weighted by atomic mass is 79.9. The highest BCUT2D eigenvalue weighted by Crippen LogP contribution is 2.19. The Morgan fingerprint density at radius 3 is 2.65 bits per heavy atom. The van der Waals surface area contributed by atoms with Gasteiger partial charge in [-0.2, -0.15) is 0 Å². The molecule has 0 fully saturated rings. The van der Waals surface area contributed by atoms with Gasteiger partial charge < -0.3 is 10.4 Å². The second-order valence-corrected chi connectivity index (χ2v) is 4.64. The number of rotatable bonds is 3. The van der Waals surface area contributed by atoms with Gasteiger partial charge in [0, 0.05) is 10.7 Å². The number of carboxylic acids is 1. The van der Waals surface area contributed by atoms with Crippen LogP contribution in [0.15, 0.2) is 41.0 Å². The third-order valence-electron chi connectivity index (χ3n) is 2.44. The van der Waals surface area contributed by atoms with Crippen molar-refractivity contribution < 1.29 is 19.1 Å². The first-order chi connectivity index (χ1) is 9.49. The summed E-state index contributed by atoms with van der Waals surface area (Å²) in [7, 11) is 0. The first-order valence-electron chi connectivity index (χ1n) is 5.44. The lowest BCUT2D eigenvalue weighted by Gasteiger charge is -2.07. The van der Waals surface area contributed by atoms with Crippen LogP contribution in [-0.4, -0.2) is 22.0 Å². The minimum absolute atomic E-state index is 0.106. The second kappa shape index (κ2) is 5.79. The van der Waals surface area contributed by atoms with Crippen LogP contribution in [0.4, 0.5) is 10.1 Å². The normalized spacial score (nSPS) is 10.1. The van der Waals surface area contributed by atoms with Gasteiger partial charge in [-0.3, -0.25) is 4.79 Å². The predicted octanol–water partition coefficient (Wildman–Crippen LogP) is 2.93. The summed E-state index contributed by atoms with van der Waals surface area (Å²) in [5, 5.41) is 11.1. The summed E-state index contributed by atoms with van der Waals surface area (Å²) in [6, 6.07) is 6.50. The number of carbonyl (C=O) groups is 2. The van der Waals surface area contributed by atoms with E-state index < -0.39 is 17.7 Å². The number of nitrogens with zero attached hydrogens (tertiary/aromatic N) is 1. The molecule has 0 saturated heterocycles. The van der Waals surface area contributed by atoms with E-state index >= 15 is 0 Å². The Morgan fingerprint density at radius 2 is 2.05 bits per heavy atom. The number of anilines is 1. The Balaban J connectivity index is 2.25. The molecule has 0 saturated carbocycles. The number of hydrogen-bond acceptors (Lipinski definition) is 3. The van der Waals surface area contributed by atoms with Crippen LogP contribution in [0, 0.1) is 5.82 Å². The molecule has 0 aliphatic heterocycles. The Kier molecular flexibility index (Phi) is 4.09. The van der Waals surface area contributed by atoms with Crippen molar-refractivity contribution in [1.29, 1.82) is 0 Å². The van der Waals surface area contributed by atoms with Crippen LogP contribution < -0.4 is 5.32 Å². The van der Waals surface area contributed by atoms with Crippen LogP contribution >= 0.6 is 15.9 Å². The summed E-state index contributed by atoms with van der Waals surface area (Å²) in [6.07, 6.45) is 1.43. The fourth-order valence-corrected chi connectivity index (χ4v) is 1.92. The predicted molar refractivity (Wildman–Crippen MR) is 73.2 cm³/mol. The van der Waals surface area contributed by atoms with Gasteiger partial charge in [-0.25, -0.2) is 14.2 Å². The van der Waals surface area contributed by atoms with Crippen molar-refractivity contribution >= 4 is 33.5 Å². The minimum Gasteiger partial charge on any atom is -0.478 e. The summed E-state index contributed by atoms with van der Waals surface area (Å²) in [6.45, 7) is 0. The van der Waals surface area contributed by atoms with Crippen LogP contribution in [0.3, 0.4) is 0 Å². The van der Waals surface area contributed by atoms with E-state index in [0.29, 0.717) is 4.47 Å². The zero-order valence-corrected chi connectivity index (χ0v) is 11.5. The number of aromatic nitrogens is 1. The second-order valence-electron chi connectivity index (χ2n) is 3.79. The van der Waals surface area contributed by atoms with Crippen molar-refractivity contribution in [3.63, 3.8) is 0 Å². The third-order valence-corrected chi connectivity index (χ3v) is 3.08. The fraction of sp³-hybridized carbons (Fsp3) is 0. The molecule has 1 amide bonds. The molecule has 1 aromatic carbocycles. The molecule has 7 heteroatoms. The van der Waals surface area contributed by atoms with E-state index in [1.54, 1.807) is 12.1 Å². The van der Waals surface area contributed by atoms with Gasteiger partial charge >= 0.3 is 5.97 Å². The van der Waals surface area contributed by atoms with Gasteiger partial charge in [0.25, 0.3) is 5.91 Å². The highest BCUT2D eigenvalue weighted by Gasteiger charge is 2.14. The van der Waals surface area contributed by atoms with Crippen molar-refractivity contribution in [3.8, 4) is 0 Å². The van der Waals surface area contributed by atoms with Crippen molar-refractivity contribution in [2.24, 2.45) is 0 Å². The molecule has 0 unspecified atom stereocenters. The zero-order valence-electron chi connectivity index (χ0n) is 9.93. The average molecular weight is 339 g/mol. The third kappa shape index (κ3) is 3.00. The monoisotopic (exact) mass is 338 g/mol. The molecule has 2 N–H and O–H groups in total. The lowest BCUT2D eigenvalue weighted by Crippen LogP contribution is -2.15. The Hall–Kier alpha value is -2.28. The molecule has 2 rings (SSSR count). The Bertz CT molecular complexity index is 691. The van der Waals surface area contributed by atoms with E-state index in [1.165, 1.54) is 18.3 Å². The number of halogens is 2. The van der Waals surface area contributed by atoms with Crippen LogP contribution in [0.25, 0.3) is 0 Å². The fourth-order valence-electron chi connectivity index (χ4n) is 1.48. The number of amides is 1. The van der Waals surface area contributed by atoms with E-state index in [2.05, 4.69) is 26.2 Å². The SMILES string of the molecule is O=C(O)c1ccc(NC(=O)c2ncccc2Br)c(F)c1.